The number of carbonyl (C=O) groups excluding carboxylic acids is 7. The van der Waals surface area contributed by atoms with Gasteiger partial charge in [-0.05, 0) is 41.0 Å². The highest BCUT2D eigenvalue weighted by Gasteiger charge is 2.32. The minimum atomic E-state index is -1.54. The number of benzene rings is 3. The van der Waals surface area contributed by atoms with E-state index in [9.17, 15) is 43.8 Å². The van der Waals surface area contributed by atoms with Crippen LogP contribution in [0.3, 0.4) is 0 Å². The summed E-state index contributed by atoms with van der Waals surface area (Å²) in [7, 11) is 0. The van der Waals surface area contributed by atoms with Crippen LogP contribution in [-0.4, -0.2) is 82.3 Å². The van der Waals surface area contributed by atoms with E-state index < -0.39 is 78.5 Å². The molecule has 16 nitrogen and oxygen atoms in total. The minimum absolute atomic E-state index is 0.0354. The van der Waals surface area contributed by atoms with Gasteiger partial charge in [0.15, 0.2) is 0 Å². The van der Waals surface area contributed by atoms with Crippen LogP contribution in [0.5, 0.6) is 11.5 Å². The number of phenols is 2. The molecule has 0 aliphatic heterocycles. The van der Waals surface area contributed by atoms with Gasteiger partial charge in [-0.1, -0.05) is 54.6 Å². The molecule has 0 saturated carbocycles. The van der Waals surface area contributed by atoms with Crippen LogP contribution >= 0.6 is 0 Å². The second kappa shape index (κ2) is 18.9. The van der Waals surface area contributed by atoms with Crippen LogP contribution in [0, 0.1) is 0 Å². The maximum absolute atomic E-state index is 14.0. The molecule has 16 heteroatoms. The molecule has 11 N–H and O–H groups in total. The third-order valence-corrected chi connectivity index (χ3v) is 7.52. The molecular weight excluding hydrogens is 662 g/mol. The molecule has 0 bridgehead atoms. The average Bonchev–Trinajstić information content (AvgIpc) is 3.08. The Labute approximate surface area is 293 Å². The van der Waals surface area contributed by atoms with E-state index in [4.69, 9.17) is 11.5 Å². The summed E-state index contributed by atoms with van der Waals surface area (Å²) in [6, 6.07) is 14.9. The van der Waals surface area contributed by atoms with Crippen LogP contribution in [0.1, 0.15) is 30.0 Å². The van der Waals surface area contributed by atoms with E-state index in [0.717, 1.165) is 0 Å². The predicted octanol–water partition coefficient (Wildman–Crippen LogP) is -1.44. The molecule has 3 rings (SSSR count). The van der Waals surface area contributed by atoms with Crippen molar-refractivity contribution in [3.63, 3.8) is 0 Å². The van der Waals surface area contributed by atoms with Gasteiger partial charge in [0.05, 0.1) is 13.0 Å². The summed E-state index contributed by atoms with van der Waals surface area (Å²) in [5.74, 6) is -5.79. The first-order chi connectivity index (χ1) is 24.2. The number of phenolic OH excluding ortho intramolecular Hbond substituents is 2. The Kier molecular flexibility index (Phi) is 14.5. The van der Waals surface area contributed by atoms with Crippen LogP contribution in [0.2, 0.25) is 0 Å². The zero-order valence-electron chi connectivity index (χ0n) is 27.8. The van der Waals surface area contributed by atoms with Crippen LogP contribution in [-0.2, 0) is 52.8 Å². The Hall–Kier alpha value is -6.45. The van der Waals surface area contributed by atoms with Gasteiger partial charge in [-0.2, -0.15) is 0 Å². The summed E-state index contributed by atoms with van der Waals surface area (Å²) < 4.78 is 0. The summed E-state index contributed by atoms with van der Waals surface area (Å²) in [4.78, 5) is 88.9. The Morgan fingerprint density at radius 3 is 1.41 bits per heavy atom. The largest absolute Gasteiger partial charge is 0.508 e. The van der Waals surface area contributed by atoms with Crippen molar-refractivity contribution >= 4 is 41.4 Å². The van der Waals surface area contributed by atoms with E-state index in [0.29, 0.717) is 16.7 Å². The molecule has 3 aromatic carbocycles. The lowest BCUT2D eigenvalue weighted by molar-refractivity contribution is -0.135. The van der Waals surface area contributed by atoms with Crippen molar-refractivity contribution in [2.24, 2.45) is 11.5 Å². The Bertz CT molecular complexity index is 1700. The molecule has 7 amide bonds. The van der Waals surface area contributed by atoms with E-state index in [-0.39, 0.29) is 30.8 Å². The summed E-state index contributed by atoms with van der Waals surface area (Å²) in [5, 5.41) is 31.8. The molecule has 0 aliphatic rings. The topological polar surface area (TPSA) is 272 Å². The number of carbonyl (C=O) groups is 7. The smallest absolute Gasteiger partial charge is 0.243 e. The van der Waals surface area contributed by atoms with Crippen molar-refractivity contribution in [2.45, 2.75) is 56.8 Å². The lowest BCUT2D eigenvalue weighted by Gasteiger charge is -2.26. The average molecular weight is 704 g/mol. The zero-order valence-corrected chi connectivity index (χ0v) is 27.8. The van der Waals surface area contributed by atoms with Crippen molar-refractivity contribution in [3.05, 3.63) is 95.6 Å². The van der Waals surface area contributed by atoms with Gasteiger partial charge in [0.2, 0.25) is 41.4 Å². The molecule has 0 saturated heterocycles. The number of primary amides is 2. The number of amides is 7. The van der Waals surface area contributed by atoms with Crippen molar-refractivity contribution in [1.29, 1.82) is 0 Å². The van der Waals surface area contributed by atoms with Gasteiger partial charge in [-0.3, -0.25) is 33.6 Å². The van der Waals surface area contributed by atoms with E-state index >= 15 is 0 Å². The minimum Gasteiger partial charge on any atom is -0.508 e. The zero-order chi connectivity index (χ0) is 37.5. The number of aromatic hydroxyl groups is 2. The molecule has 51 heavy (non-hydrogen) atoms. The van der Waals surface area contributed by atoms with E-state index in [1.165, 1.54) is 55.5 Å². The lowest BCUT2D eigenvalue weighted by atomic mass is 10.0. The third kappa shape index (κ3) is 13.5. The number of hydrogen-bond acceptors (Lipinski definition) is 9. The highest BCUT2D eigenvalue weighted by molar-refractivity contribution is 5.97. The van der Waals surface area contributed by atoms with Crippen LogP contribution in [0.25, 0.3) is 0 Å². The highest BCUT2D eigenvalue weighted by Crippen LogP contribution is 2.14. The predicted molar refractivity (Wildman–Crippen MR) is 183 cm³/mol. The molecule has 0 heterocycles. The van der Waals surface area contributed by atoms with E-state index in [1.54, 1.807) is 30.3 Å². The second-order valence-electron chi connectivity index (χ2n) is 11.7. The number of rotatable bonds is 18. The molecule has 0 aliphatic carbocycles. The summed E-state index contributed by atoms with van der Waals surface area (Å²) in [5.41, 5.74) is 12.6. The molecular formula is C35H41N7O9. The van der Waals surface area contributed by atoms with Crippen LogP contribution in [0.4, 0.5) is 0 Å². The molecule has 0 radical (unpaired) electrons. The third-order valence-electron chi connectivity index (χ3n) is 7.52. The van der Waals surface area contributed by atoms with Gasteiger partial charge in [0.25, 0.3) is 0 Å². The molecule has 0 fully saturated rings. The first kappa shape index (κ1) is 39.0. The molecule has 4 unspecified atom stereocenters. The fourth-order valence-electron chi connectivity index (χ4n) is 4.90. The van der Waals surface area contributed by atoms with Gasteiger partial charge < -0.3 is 48.3 Å². The van der Waals surface area contributed by atoms with Gasteiger partial charge in [0.1, 0.15) is 35.7 Å². The molecule has 270 valence electrons. The van der Waals surface area contributed by atoms with Crippen molar-refractivity contribution in [2.75, 3.05) is 6.54 Å². The standard InChI is InChI=1S/C35H41N7O9/c1-20(43)38-19-31(47)39-29(18-30(36)46)35(51)42-28(17-23-9-13-25(45)14-10-23)34(50)41-27(16-22-7-11-24(44)12-8-22)33(49)40-26(32(37)48)15-21-5-3-2-4-6-21/h2-14,26-29,44-45H,15-19H2,1H3,(H2,36,46)(H2,37,48)(H,38,43)(H,39,47)(H,40,49)(H,41,50)(H,42,51). The lowest BCUT2D eigenvalue weighted by Crippen LogP contribution is -2.59. The highest BCUT2D eigenvalue weighted by atomic mass is 16.3. The van der Waals surface area contributed by atoms with Crippen LogP contribution < -0.4 is 38.1 Å². The van der Waals surface area contributed by atoms with Crippen molar-refractivity contribution in [3.8, 4) is 11.5 Å². The monoisotopic (exact) mass is 703 g/mol. The molecule has 0 aromatic heterocycles. The van der Waals surface area contributed by atoms with E-state index in [2.05, 4.69) is 26.6 Å². The summed E-state index contributed by atoms with van der Waals surface area (Å²) in [6.07, 6.45) is -0.867. The normalized spacial score (nSPS) is 13.0. The van der Waals surface area contributed by atoms with Crippen LogP contribution in [0.15, 0.2) is 78.9 Å². The fraction of sp³-hybridized carbons (Fsp3) is 0.286. The maximum Gasteiger partial charge on any atom is 0.243 e. The number of hydrogen-bond donors (Lipinski definition) is 9. The molecule has 4 atom stereocenters. The fourth-order valence-corrected chi connectivity index (χ4v) is 4.90. The first-order valence-corrected chi connectivity index (χ1v) is 15.8. The van der Waals surface area contributed by atoms with E-state index in [1.807, 2.05) is 0 Å². The number of nitrogens with one attached hydrogen (secondary N) is 5. The maximum atomic E-state index is 14.0. The Balaban J connectivity index is 1.91. The first-order valence-electron chi connectivity index (χ1n) is 15.8. The molecule has 0 spiro atoms. The van der Waals surface area contributed by atoms with Gasteiger partial charge >= 0.3 is 0 Å². The SMILES string of the molecule is CC(=O)NCC(=O)NC(CC(N)=O)C(=O)NC(Cc1ccc(O)cc1)C(=O)NC(Cc1ccc(O)cc1)C(=O)NC(Cc1ccccc1)C(N)=O. The van der Waals surface area contributed by atoms with Gasteiger partial charge in [-0.25, -0.2) is 0 Å². The van der Waals surface area contributed by atoms with Crippen molar-refractivity contribution < 1.29 is 43.8 Å². The van der Waals surface area contributed by atoms with Gasteiger partial charge in [-0.15, -0.1) is 0 Å². The quantitative estimate of drug-likeness (QED) is 0.0750. The number of nitrogens with two attached hydrogens (primary N) is 2. The van der Waals surface area contributed by atoms with Crippen molar-refractivity contribution in [1.82, 2.24) is 26.6 Å². The Morgan fingerprint density at radius 2 is 0.980 bits per heavy atom. The summed E-state index contributed by atoms with van der Waals surface area (Å²) >= 11 is 0. The summed E-state index contributed by atoms with van der Waals surface area (Å²) in [6.45, 7) is 0.680. The van der Waals surface area contributed by atoms with Gasteiger partial charge in [0, 0.05) is 26.2 Å². The Morgan fingerprint density at radius 1 is 0.569 bits per heavy atom. The second-order valence-corrected chi connectivity index (χ2v) is 11.7. The molecule has 3 aromatic rings.